The molecule has 0 amide bonds. The molecule has 1 aromatic rings. The molecule has 0 atom stereocenters. The van der Waals surface area contributed by atoms with Crippen LogP contribution in [0.25, 0.3) is 0 Å². The van der Waals surface area contributed by atoms with Gasteiger partial charge in [-0.15, -0.1) is 0 Å². The number of rotatable bonds is 3. The molecule has 2 nitrogen and oxygen atoms in total. The summed E-state index contributed by atoms with van der Waals surface area (Å²) in [5.41, 5.74) is 6.94. The number of hydrogen-bond donors (Lipinski definition) is 1. The fraction of sp³-hybridized carbons (Fsp3) is 0.625. The second kappa shape index (κ2) is 6.38. The Balaban J connectivity index is 2.14. The summed E-state index contributed by atoms with van der Waals surface area (Å²) in [6.45, 7) is 0. The second-order valence-electron chi connectivity index (χ2n) is 5.74. The summed E-state index contributed by atoms with van der Waals surface area (Å²) in [6, 6.07) is 5.31. The number of nitrogens with two attached hydrogens (primary N) is 1. The minimum Gasteiger partial charge on any atom is -0.494 e. The topological polar surface area (TPSA) is 35.2 Å². The van der Waals surface area contributed by atoms with E-state index in [4.69, 9.17) is 10.5 Å². The zero-order chi connectivity index (χ0) is 13.7. The fourth-order valence-corrected chi connectivity index (χ4v) is 3.02. The maximum Gasteiger partial charge on any atom is 0.168 e. The van der Waals surface area contributed by atoms with Crippen LogP contribution in [-0.4, -0.2) is 12.6 Å². The van der Waals surface area contributed by atoms with Gasteiger partial charge in [-0.1, -0.05) is 44.2 Å². The van der Waals surface area contributed by atoms with Gasteiger partial charge in [-0.3, -0.25) is 0 Å². The Hall–Kier alpha value is -1.09. The maximum absolute atomic E-state index is 14.2. The SMILES string of the molecule is COc1cccc(CC2(N)CCCCCCC2)c1F. The van der Waals surface area contributed by atoms with Crippen molar-refractivity contribution in [3.63, 3.8) is 0 Å². The van der Waals surface area contributed by atoms with Crippen molar-refractivity contribution in [1.29, 1.82) is 0 Å². The van der Waals surface area contributed by atoms with Crippen LogP contribution in [0.5, 0.6) is 5.75 Å². The molecular formula is C16H24FNO. The third-order valence-electron chi connectivity index (χ3n) is 4.16. The van der Waals surface area contributed by atoms with Gasteiger partial charge >= 0.3 is 0 Å². The minimum atomic E-state index is -0.256. The van der Waals surface area contributed by atoms with Crippen LogP contribution in [0.4, 0.5) is 4.39 Å². The summed E-state index contributed by atoms with van der Waals surface area (Å²) in [5.74, 6) is 0.0591. The van der Waals surface area contributed by atoms with Gasteiger partial charge in [0.1, 0.15) is 0 Å². The lowest BCUT2D eigenvalue weighted by Gasteiger charge is -2.32. The Bertz CT molecular complexity index is 411. The van der Waals surface area contributed by atoms with Gasteiger partial charge in [-0.2, -0.15) is 0 Å². The minimum absolute atomic E-state index is 0.253. The molecule has 0 spiro atoms. The van der Waals surface area contributed by atoms with Gasteiger partial charge in [-0.25, -0.2) is 4.39 Å². The molecule has 1 aliphatic rings. The predicted molar refractivity (Wildman–Crippen MR) is 75.9 cm³/mol. The number of hydrogen-bond acceptors (Lipinski definition) is 2. The van der Waals surface area contributed by atoms with Crippen molar-refractivity contribution in [2.75, 3.05) is 7.11 Å². The first-order chi connectivity index (χ1) is 9.14. The average molecular weight is 265 g/mol. The molecule has 2 N–H and O–H groups in total. The van der Waals surface area contributed by atoms with Gasteiger partial charge in [0.25, 0.3) is 0 Å². The van der Waals surface area contributed by atoms with Crippen LogP contribution in [0.2, 0.25) is 0 Å². The third kappa shape index (κ3) is 3.69. The average Bonchev–Trinajstić information content (AvgIpc) is 2.37. The summed E-state index contributed by atoms with van der Waals surface area (Å²) in [5, 5.41) is 0. The Morgan fingerprint density at radius 2 is 1.79 bits per heavy atom. The molecule has 1 saturated carbocycles. The van der Waals surface area contributed by atoms with Crippen LogP contribution >= 0.6 is 0 Å². The van der Waals surface area contributed by atoms with Crippen molar-refractivity contribution in [3.05, 3.63) is 29.6 Å². The van der Waals surface area contributed by atoms with Crippen LogP contribution in [-0.2, 0) is 6.42 Å². The standard InChI is InChI=1S/C16H24FNO/c1-19-14-9-7-8-13(15(14)17)12-16(18)10-5-3-2-4-6-11-16/h7-9H,2-6,10-12,18H2,1H3. The normalized spacial score (nSPS) is 19.5. The lowest BCUT2D eigenvalue weighted by molar-refractivity contribution is 0.309. The van der Waals surface area contributed by atoms with E-state index >= 15 is 0 Å². The smallest absolute Gasteiger partial charge is 0.168 e. The first-order valence-corrected chi connectivity index (χ1v) is 7.25. The zero-order valence-electron chi connectivity index (χ0n) is 11.8. The highest BCUT2D eigenvalue weighted by molar-refractivity contribution is 5.32. The van der Waals surface area contributed by atoms with Crippen LogP contribution < -0.4 is 10.5 Å². The molecule has 0 aromatic heterocycles. The van der Waals surface area contributed by atoms with E-state index < -0.39 is 0 Å². The van der Waals surface area contributed by atoms with Crippen molar-refractivity contribution >= 4 is 0 Å². The highest BCUT2D eigenvalue weighted by atomic mass is 19.1. The van der Waals surface area contributed by atoms with Crippen LogP contribution in [0.15, 0.2) is 18.2 Å². The molecule has 1 aliphatic carbocycles. The zero-order valence-corrected chi connectivity index (χ0v) is 11.8. The van der Waals surface area contributed by atoms with Crippen LogP contribution in [0.3, 0.4) is 0 Å². The molecule has 3 heteroatoms. The van der Waals surface area contributed by atoms with Gasteiger partial charge in [-0.05, 0) is 30.9 Å². The molecular weight excluding hydrogens is 241 g/mol. The molecule has 19 heavy (non-hydrogen) atoms. The van der Waals surface area contributed by atoms with Crippen molar-refractivity contribution in [2.24, 2.45) is 5.73 Å². The number of halogens is 1. The first-order valence-electron chi connectivity index (χ1n) is 7.25. The molecule has 0 heterocycles. The molecule has 1 aromatic carbocycles. The van der Waals surface area contributed by atoms with Gasteiger partial charge in [0.15, 0.2) is 11.6 Å². The van der Waals surface area contributed by atoms with E-state index in [0.717, 1.165) is 25.7 Å². The van der Waals surface area contributed by atoms with Gasteiger partial charge in [0, 0.05) is 5.54 Å². The van der Waals surface area contributed by atoms with Gasteiger partial charge in [0.05, 0.1) is 7.11 Å². The molecule has 0 unspecified atom stereocenters. The van der Waals surface area contributed by atoms with Crippen LogP contribution in [0, 0.1) is 5.82 Å². The Morgan fingerprint density at radius 1 is 1.16 bits per heavy atom. The summed E-state index contributed by atoms with van der Waals surface area (Å²) in [7, 11) is 1.50. The lowest BCUT2D eigenvalue weighted by Crippen LogP contribution is -2.42. The predicted octanol–water partition coefficient (Wildman–Crippen LogP) is 3.82. The van der Waals surface area contributed by atoms with Gasteiger partial charge < -0.3 is 10.5 Å². The summed E-state index contributed by atoms with van der Waals surface area (Å²) in [4.78, 5) is 0. The number of methoxy groups -OCH3 is 1. The molecule has 0 radical (unpaired) electrons. The lowest BCUT2D eigenvalue weighted by atomic mass is 9.80. The van der Waals surface area contributed by atoms with E-state index in [1.807, 2.05) is 12.1 Å². The van der Waals surface area contributed by atoms with E-state index in [9.17, 15) is 4.39 Å². The van der Waals surface area contributed by atoms with E-state index in [2.05, 4.69) is 0 Å². The molecule has 0 aliphatic heterocycles. The van der Waals surface area contributed by atoms with E-state index in [1.54, 1.807) is 6.07 Å². The summed E-state index contributed by atoms with van der Waals surface area (Å²) < 4.78 is 19.2. The highest BCUT2D eigenvalue weighted by Gasteiger charge is 2.27. The Kier molecular flexibility index (Phi) is 4.81. The number of benzene rings is 1. The molecule has 2 rings (SSSR count). The summed E-state index contributed by atoms with van der Waals surface area (Å²) >= 11 is 0. The quantitative estimate of drug-likeness (QED) is 0.901. The second-order valence-corrected chi connectivity index (χ2v) is 5.74. The maximum atomic E-state index is 14.2. The molecule has 0 bridgehead atoms. The monoisotopic (exact) mass is 265 g/mol. The van der Waals surface area contributed by atoms with E-state index in [0.29, 0.717) is 17.7 Å². The van der Waals surface area contributed by atoms with Crippen molar-refractivity contribution < 1.29 is 9.13 Å². The molecule has 1 fully saturated rings. The van der Waals surface area contributed by atoms with Crippen LogP contribution in [0.1, 0.15) is 50.5 Å². The molecule has 106 valence electrons. The largest absolute Gasteiger partial charge is 0.494 e. The third-order valence-corrected chi connectivity index (χ3v) is 4.16. The van der Waals surface area contributed by atoms with Crippen molar-refractivity contribution in [2.45, 2.75) is 56.9 Å². The first kappa shape index (κ1) is 14.3. The van der Waals surface area contributed by atoms with Crippen molar-refractivity contribution in [1.82, 2.24) is 0 Å². The van der Waals surface area contributed by atoms with Crippen molar-refractivity contribution in [3.8, 4) is 5.75 Å². The van der Waals surface area contributed by atoms with E-state index in [-0.39, 0.29) is 11.4 Å². The Labute approximate surface area is 115 Å². The fourth-order valence-electron chi connectivity index (χ4n) is 3.02. The number of ether oxygens (including phenoxy) is 1. The Morgan fingerprint density at radius 3 is 2.42 bits per heavy atom. The highest BCUT2D eigenvalue weighted by Crippen LogP contribution is 2.30. The van der Waals surface area contributed by atoms with E-state index in [1.165, 1.54) is 26.4 Å². The van der Waals surface area contributed by atoms with Gasteiger partial charge in [0.2, 0.25) is 0 Å². The molecule has 0 saturated heterocycles. The summed E-state index contributed by atoms with van der Waals surface area (Å²) in [6.07, 6.45) is 8.70.